The molecule has 4 heterocycles. The number of rotatable bonds is 8. The van der Waals surface area contributed by atoms with Crippen molar-refractivity contribution in [2.75, 3.05) is 0 Å². The van der Waals surface area contributed by atoms with E-state index in [9.17, 15) is 0 Å². The van der Waals surface area contributed by atoms with E-state index in [4.69, 9.17) is 19.9 Å². The van der Waals surface area contributed by atoms with Crippen molar-refractivity contribution in [2.24, 2.45) is 0 Å². The molecule has 4 aromatic heterocycles. The van der Waals surface area contributed by atoms with Gasteiger partial charge in [-0.15, -0.1) is 45.3 Å². The molecule has 4 nitrogen and oxygen atoms in total. The molecular weight excluding hydrogens is 1360 g/mol. The summed E-state index contributed by atoms with van der Waals surface area (Å²) in [4.78, 5) is 20.2. The fraction of sp³-hybridized carbons (Fsp3) is 0.102. The number of aryl methyl sites for hydroxylation is 2. The normalized spacial score (nSPS) is 12.2. The molecule has 0 aliphatic rings. The van der Waals surface area contributed by atoms with Crippen molar-refractivity contribution >= 4 is 151 Å². The zero-order chi connectivity index (χ0) is 71.7. The number of hydrogen-bond donors (Lipinski definition) is 0. The highest BCUT2D eigenvalue weighted by Gasteiger charge is 2.24. The fourth-order valence-corrected chi connectivity index (χ4v) is 19.6. The molecule has 0 saturated carbocycles. The molecule has 0 spiro atoms. The number of nitrogens with zero attached hydrogens (tertiary/aromatic N) is 4. The minimum Gasteiger partial charge on any atom is -0.236 e. The summed E-state index contributed by atoms with van der Waals surface area (Å²) in [5.74, 6) is 0. The zero-order valence-electron chi connectivity index (χ0n) is 60.1. The third-order valence-corrected chi connectivity index (χ3v) is 25.3. The molecule has 0 N–H and O–H groups in total. The van der Waals surface area contributed by atoms with Gasteiger partial charge in [-0.05, 0) is 241 Å². The van der Waals surface area contributed by atoms with E-state index < -0.39 is 0 Å². The molecule has 0 unspecified atom stereocenters. The first-order valence-electron chi connectivity index (χ1n) is 36.3. The summed E-state index contributed by atoms with van der Waals surface area (Å²) in [5, 5.41) is 19.1. The van der Waals surface area contributed by atoms with E-state index in [1.54, 1.807) is 45.3 Å². The van der Waals surface area contributed by atoms with Gasteiger partial charge >= 0.3 is 0 Å². The van der Waals surface area contributed by atoms with Gasteiger partial charge < -0.3 is 0 Å². The summed E-state index contributed by atoms with van der Waals surface area (Å²) >= 11 is 7.08. The Morgan fingerprint density at radius 1 is 0.217 bits per heavy atom. The van der Waals surface area contributed by atoms with Gasteiger partial charge in [-0.25, -0.2) is 19.9 Å². The van der Waals surface area contributed by atoms with Gasteiger partial charge in [-0.1, -0.05) is 248 Å². The van der Waals surface area contributed by atoms with Crippen molar-refractivity contribution in [1.82, 2.24) is 19.9 Å². The predicted octanol–water partition coefficient (Wildman–Crippen LogP) is 29.3. The van der Waals surface area contributed by atoms with Gasteiger partial charge in [-0.2, -0.15) is 0 Å². The van der Waals surface area contributed by atoms with E-state index in [0.29, 0.717) is 0 Å². The molecule has 20 aromatic rings. The van der Waals surface area contributed by atoms with E-state index in [0.717, 1.165) is 64.4 Å². The maximum absolute atomic E-state index is 5.05. The number of benzene rings is 16. The lowest BCUT2D eigenvalue weighted by atomic mass is 9.84. The Morgan fingerprint density at radius 3 is 0.821 bits per heavy atom. The van der Waals surface area contributed by atoms with Crippen molar-refractivity contribution in [3.05, 3.63) is 313 Å². The standard InChI is InChI=1S/C52H42N2S2.C46H30N2S2/c1-51(2,3)37-23-25-43-45(29-37)55-49(53-43)33-19-15-31(16-20-33)47-39-13-9-10-14-40(39)48(42-28-36-12-8-7-11-35(36)27-41(42)47)32-17-21-34(22-18-32)50-54-44-26-24-38(52(4,5)6)30-46(44)56-50;1-27-17-19-39-41(21-27)49-45(47-39)33-13-7-11-31(23-33)43-35-15-5-6-16-36(35)44(38-26-30-10-4-3-9-29(30)25-37(38)43)32-12-8-14-34(24-32)46-48-40-20-18-28(2)22-42(40)50-46/h7-30H,1-6H3;3-26H,1-2H3. The molecule has 8 heteroatoms. The summed E-state index contributed by atoms with van der Waals surface area (Å²) in [6, 6.07) is 107. The van der Waals surface area contributed by atoms with Crippen LogP contribution in [0, 0.1) is 13.8 Å². The van der Waals surface area contributed by atoms with Gasteiger partial charge in [0.1, 0.15) is 20.0 Å². The van der Waals surface area contributed by atoms with Crippen LogP contribution < -0.4 is 0 Å². The Morgan fingerprint density at radius 2 is 0.491 bits per heavy atom. The predicted molar refractivity (Wildman–Crippen MR) is 461 cm³/mol. The van der Waals surface area contributed by atoms with E-state index >= 15 is 0 Å². The molecule has 0 bridgehead atoms. The minimum atomic E-state index is 0.101. The lowest BCUT2D eigenvalue weighted by Gasteiger charge is -2.19. The maximum atomic E-state index is 5.05. The van der Waals surface area contributed by atoms with Crippen LogP contribution in [0.25, 0.3) is 192 Å². The number of hydrogen-bond acceptors (Lipinski definition) is 8. The summed E-state index contributed by atoms with van der Waals surface area (Å²) < 4.78 is 4.91. The third-order valence-electron chi connectivity index (χ3n) is 21.0. The fourth-order valence-electron chi connectivity index (χ4n) is 15.5. The van der Waals surface area contributed by atoms with Gasteiger partial charge in [-0.3, -0.25) is 0 Å². The first-order valence-corrected chi connectivity index (χ1v) is 39.5. The highest BCUT2D eigenvalue weighted by Crippen LogP contribution is 2.50. The number of fused-ring (bicyclic) bond motifs is 10. The smallest absolute Gasteiger partial charge is 0.124 e. The molecule has 0 saturated heterocycles. The molecule has 106 heavy (non-hydrogen) atoms. The first-order chi connectivity index (χ1) is 51.5. The van der Waals surface area contributed by atoms with Crippen LogP contribution in [0.2, 0.25) is 0 Å². The molecular formula is C98H72N4S4. The third kappa shape index (κ3) is 11.8. The van der Waals surface area contributed by atoms with E-state index in [-0.39, 0.29) is 10.8 Å². The highest BCUT2D eigenvalue weighted by atomic mass is 32.1. The van der Waals surface area contributed by atoms with Crippen LogP contribution in [0.3, 0.4) is 0 Å². The van der Waals surface area contributed by atoms with Gasteiger partial charge in [0.2, 0.25) is 0 Å². The molecule has 16 aromatic carbocycles. The van der Waals surface area contributed by atoms with Crippen molar-refractivity contribution in [3.8, 4) is 86.8 Å². The molecule has 0 fully saturated rings. The number of aromatic nitrogens is 4. The van der Waals surface area contributed by atoms with Gasteiger partial charge in [0.05, 0.1) is 40.9 Å². The topological polar surface area (TPSA) is 51.6 Å². The van der Waals surface area contributed by atoms with Crippen molar-refractivity contribution in [1.29, 1.82) is 0 Å². The Bertz CT molecular complexity index is 6520. The van der Waals surface area contributed by atoms with Crippen LogP contribution in [0.15, 0.2) is 291 Å². The second-order valence-corrected chi connectivity index (χ2v) is 34.4. The molecule has 508 valence electrons. The summed E-state index contributed by atoms with van der Waals surface area (Å²) in [6.45, 7) is 17.9. The maximum Gasteiger partial charge on any atom is 0.124 e. The van der Waals surface area contributed by atoms with Crippen LogP contribution in [0.1, 0.15) is 63.8 Å². The Labute approximate surface area is 632 Å². The van der Waals surface area contributed by atoms with E-state index in [1.165, 1.54) is 150 Å². The van der Waals surface area contributed by atoms with Crippen molar-refractivity contribution in [3.63, 3.8) is 0 Å². The number of thiazole rings is 4. The zero-order valence-corrected chi connectivity index (χ0v) is 63.4. The van der Waals surface area contributed by atoms with Gasteiger partial charge in [0.15, 0.2) is 0 Å². The second-order valence-electron chi connectivity index (χ2n) is 30.3. The lowest BCUT2D eigenvalue weighted by molar-refractivity contribution is 0.591. The van der Waals surface area contributed by atoms with Crippen LogP contribution in [0.5, 0.6) is 0 Å². The SMILES string of the molecule is CC(C)(C)c1ccc2nc(-c3ccc(-c4c5ccccc5c(-c5ccc(-c6nc7ccc(C(C)(C)C)cc7s6)cc5)c5cc6ccccc6cc45)cc3)sc2c1.Cc1ccc2nc(-c3cccc(-c4c5ccccc5c(-c5cccc(-c6nc7ccc(C)cc7s6)c5)c5cc6ccccc6cc45)c3)sc2c1. The second kappa shape index (κ2) is 25.8. The van der Waals surface area contributed by atoms with Crippen LogP contribution >= 0.6 is 45.3 Å². The average Bonchev–Trinajstić information content (AvgIpc) is 0.740. The van der Waals surface area contributed by atoms with Gasteiger partial charge in [0, 0.05) is 22.3 Å². The molecule has 0 amide bonds. The minimum absolute atomic E-state index is 0.101. The molecule has 0 radical (unpaired) electrons. The highest BCUT2D eigenvalue weighted by molar-refractivity contribution is 7.22. The van der Waals surface area contributed by atoms with E-state index in [1.807, 2.05) is 0 Å². The van der Waals surface area contributed by atoms with Crippen molar-refractivity contribution < 1.29 is 0 Å². The average molecular weight is 1430 g/mol. The van der Waals surface area contributed by atoms with Crippen LogP contribution in [-0.2, 0) is 10.8 Å². The van der Waals surface area contributed by atoms with Crippen molar-refractivity contribution in [2.45, 2.75) is 66.2 Å². The van der Waals surface area contributed by atoms with E-state index in [2.05, 4.69) is 347 Å². The largest absolute Gasteiger partial charge is 0.236 e. The summed E-state index contributed by atoms with van der Waals surface area (Å²) in [7, 11) is 0. The van der Waals surface area contributed by atoms with Crippen LogP contribution in [-0.4, -0.2) is 19.9 Å². The first kappa shape index (κ1) is 65.4. The Kier molecular flexibility index (Phi) is 15.9. The van der Waals surface area contributed by atoms with Gasteiger partial charge in [0.25, 0.3) is 0 Å². The summed E-state index contributed by atoms with van der Waals surface area (Å²) in [5.41, 5.74) is 24.0. The Balaban J connectivity index is 0.000000146. The quantitative estimate of drug-likeness (QED) is 0.142. The Hall–Kier alpha value is -11.4. The summed E-state index contributed by atoms with van der Waals surface area (Å²) in [6.07, 6.45) is 0. The molecule has 0 aliphatic heterocycles. The molecule has 0 atom stereocenters. The molecule has 20 rings (SSSR count). The lowest BCUT2D eigenvalue weighted by Crippen LogP contribution is -2.10. The van der Waals surface area contributed by atoms with Crippen LogP contribution in [0.4, 0.5) is 0 Å². The molecule has 0 aliphatic carbocycles. The monoisotopic (exact) mass is 1430 g/mol.